The summed E-state index contributed by atoms with van der Waals surface area (Å²) >= 11 is 0. The van der Waals surface area contributed by atoms with E-state index in [-0.39, 0.29) is 5.76 Å². The van der Waals surface area contributed by atoms with E-state index in [1.165, 1.54) is 11.6 Å². The van der Waals surface area contributed by atoms with Crippen molar-refractivity contribution in [2.24, 2.45) is 5.92 Å². The Morgan fingerprint density at radius 3 is 2.27 bits per heavy atom. The predicted molar refractivity (Wildman–Crippen MR) is 49.5 cm³/mol. The Balaban J connectivity index is 4.22. The van der Waals surface area contributed by atoms with E-state index in [0.29, 0.717) is 5.92 Å². The molecule has 0 rings (SSSR count). The summed E-state index contributed by atoms with van der Waals surface area (Å²) < 4.78 is 0. The predicted octanol–water partition coefficient (Wildman–Crippen LogP) is 3.22. The van der Waals surface area contributed by atoms with E-state index in [2.05, 4.69) is 20.4 Å². The summed E-state index contributed by atoms with van der Waals surface area (Å²) in [6, 6.07) is 0. The topological polar surface area (TPSA) is 20.2 Å². The molecule has 0 atom stereocenters. The Hall–Kier alpha value is -0.980. The van der Waals surface area contributed by atoms with Gasteiger partial charge in [0.2, 0.25) is 0 Å². The Morgan fingerprint density at radius 1 is 1.36 bits per heavy atom. The molecule has 0 aromatic carbocycles. The summed E-state index contributed by atoms with van der Waals surface area (Å²) in [6.45, 7) is 9.71. The standard InChI is InChI=1S/C10H16O/c1-5-10(11)7-6-9(4)8(2)3/h5-8,11H,1H2,2-4H3/b9-6+,10-7+. The zero-order valence-corrected chi connectivity index (χ0v) is 7.46. The maximum Gasteiger partial charge on any atom is 0.114 e. The second-order valence-corrected chi connectivity index (χ2v) is 2.86. The normalized spacial score (nSPS) is 13.8. The molecule has 0 unspecified atom stereocenters. The summed E-state index contributed by atoms with van der Waals surface area (Å²) in [5.74, 6) is 0.744. The number of aliphatic hydroxyl groups is 1. The van der Waals surface area contributed by atoms with Gasteiger partial charge in [-0.15, -0.1) is 0 Å². The molecule has 0 fully saturated rings. The third-order valence-electron chi connectivity index (χ3n) is 1.64. The second kappa shape index (κ2) is 4.78. The van der Waals surface area contributed by atoms with E-state index in [9.17, 15) is 0 Å². The van der Waals surface area contributed by atoms with Gasteiger partial charge in [-0.2, -0.15) is 0 Å². The highest BCUT2D eigenvalue weighted by Crippen LogP contribution is 2.08. The summed E-state index contributed by atoms with van der Waals surface area (Å²) in [5.41, 5.74) is 1.25. The zero-order chi connectivity index (χ0) is 8.85. The first kappa shape index (κ1) is 10.0. The van der Waals surface area contributed by atoms with Gasteiger partial charge < -0.3 is 5.11 Å². The molecule has 0 saturated carbocycles. The molecule has 0 aromatic rings. The van der Waals surface area contributed by atoms with Crippen molar-refractivity contribution >= 4 is 0 Å². The lowest BCUT2D eigenvalue weighted by atomic mass is 10.1. The third kappa shape index (κ3) is 4.43. The van der Waals surface area contributed by atoms with E-state index in [1.807, 2.05) is 13.0 Å². The molecule has 1 heteroatoms. The molecule has 0 aliphatic carbocycles. The Morgan fingerprint density at radius 2 is 1.91 bits per heavy atom. The minimum Gasteiger partial charge on any atom is -0.508 e. The van der Waals surface area contributed by atoms with Crippen LogP contribution in [0.4, 0.5) is 0 Å². The smallest absolute Gasteiger partial charge is 0.114 e. The van der Waals surface area contributed by atoms with Crippen LogP contribution in [0.2, 0.25) is 0 Å². The van der Waals surface area contributed by atoms with Crippen LogP contribution < -0.4 is 0 Å². The van der Waals surface area contributed by atoms with E-state index in [0.717, 1.165) is 0 Å². The van der Waals surface area contributed by atoms with Crippen LogP contribution in [0.15, 0.2) is 36.1 Å². The van der Waals surface area contributed by atoms with Crippen molar-refractivity contribution in [1.82, 2.24) is 0 Å². The van der Waals surface area contributed by atoms with E-state index >= 15 is 0 Å². The molecule has 0 spiro atoms. The van der Waals surface area contributed by atoms with Gasteiger partial charge in [-0.3, -0.25) is 0 Å². The Labute approximate surface area is 68.7 Å². The third-order valence-corrected chi connectivity index (χ3v) is 1.64. The van der Waals surface area contributed by atoms with Crippen LogP contribution in [-0.2, 0) is 0 Å². The fourth-order valence-electron chi connectivity index (χ4n) is 0.477. The minimum absolute atomic E-state index is 0.213. The molecule has 0 saturated heterocycles. The molecule has 0 aliphatic rings. The Kier molecular flexibility index (Phi) is 4.35. The monoisotopic (exact) mass is 152 g/mol. The number of hydrogen-bond donors (Lipinski definition) is 1. The first-order valence-electron chi connectivity index (χ1n) is 3.77. The largest absolute Gasteiger partial charge is 0.508 e. The van der Waals surface area contributed by atoms with Crippen LogP contribution in [0.1, 0.15) is 20.8 Å². The van der Waals surface area contributed by atoms with E-state index in [4.69, 9.17) is 5.11 Å². The van der Waals surface area contributed by atoms with E-state index in [1.54, 1.807) is 6.08 Å². The number of hydrogen-bond acceptors (Lipinski definition) is 1. The van der Waals surface area contributed by atoms with Gasteiger partial charge in [0.1, 0.15) is 5.76 Å². The fraction of sp³-hybridized carbons (Fsp3) is 0.400. The van der Waals surface area contributed by atoms with Crippen LogP contribution in [0.3, 0.4) is 0 Å². The van der Waals surface area contributed by atoms with E-state index < -0.39 is 0 Å². The first-order valence-corrected chi connectivity index (χ1v) is 3.77. The molecule has 0 aliphatic heterocycles. The highest BCUT2D eigenvalue weighted by molar-refractivity contribution is 5.19. The highest BCUT2D eigenvalue weighted by atomic mass is 16.3. The highest BCUT2D eigenvalue weighted by Gasteiger charge is 1.92. The maximum atomic E-state index is 8.99. The van der Waals surface area contributed by atoms with Crippen LogP contribution in [0.25, 0.3) is 0 Å². The summed E-state index contributed by atoms with van der Waals surface area (Å²) in [7, 11) is 0. The molecule has 1 nitrogen and oxygen atoms in total. The summed E-state index contributed by atoms with van der Waals surface area (Å²) in [6.07, 6.45) is 4.98. The molecule has 0 amide bonds. The van der Waals surface area contributed by atoms with Crippen LogP contribution in [0.5, 0.6) is 0 Å². The van der Waals surface area contributed by atoms with Gasteiger partial charge in [0.15, 0.2) is 0 Å². The van der Waals surface area contributed by atoms with Crippen molar-refractivity contribution in [3.8, 4) is 0 Å². The van der Waals surface area contributed by atoms with Gasteiger partial charge in [-0.05, 0) is 25.0 Å². The van der Waals surface area contributed by atoms with Gasteiger partial charge in [0.05, 0.1) is 0 Å². The SMILES string of the molecule is C=C/C(O)=C\C=C(/C)C(C)C. The van der Waals surface area contributed by atoms with Crippen molar-refractivity contribution < 1.29 is 5.11 Å². The van der Waals surface area contributed by atoms with Crippen molar-refractivity contribution in [3.05, 3.63) is 36.1 Å². The van der Waals surface area contributed by atoms with Gasteiger partial charge in [0.25, 0.3) is 0 Å². The maximum absolute atomic E-state index is 8.99. The quantitative estimate of drug-likeness (QED) is 0.486. The lowest BCUT2D eigenvalue weighted by molar-refractivity contribution is 0.433. The molecular weight excluding hydrogens is 136 g/mol. The van der Waals surface area contributed by atoms with Gasteiger partial charge in [-0.1, -0.05) is 32.1 Å². The fourth-order valence-corrected chi connectivity index (χ4v) is 0.477. The second-order valence-electron chi connectivity index (χ2n) is 2.86. The van der Waals surface area contributed by atoms with Gasteiger partial charge in [-0.25, -0.2) is 0 Å². The average Bonchev–Trinajstić information content (AvgIpc) is 1.99. The van der Waals surface area contributed by atoms with Crippen molar-refractivity contribution in [2.45, 2.75) is 20.8 Å². The molecule has 1 N–H and O–H groups in total. The lowest BCUT2D eigenvalue weighted by Crippen LogP contribution is -1.87. The minimum atomic E-state index is 0.213. The van der Waals surface area contributed by atoms with Crippen molar-refractivity contribution in [3.63, 3.8) is 0 Å². The molecule has 0 aromatic heterocycles. The van der Waals surface area contributed by atoms with Crippen molar-refractivity contribution in [1.29, 1.82) is 0 Å². The average molecular weight is 152 g/mol. The lowest BCUT2D eigenvalue weighted by Gasteiger charge is -2.01. The number of allylic oxidation sites excluding steroid dienone is 4. The van der Waals surface area contributed by atoms with Gasteiger partial charge >= 0.3 is 0 Å². The van der Waals surface area contributed by atoms with Crippen LogP contribution >= 0.6 is 0 Å². The zero-order valence-electron chi connectivity index (χ0n) is 7.46. The first-order chi connectivity index (χ1) is 5.07. The number of rotatable bonds is 3. The molecular formula is C10H16O. The molecule has 62 valence electrons. The molecule has 11 heavy (non-hydrogen) atoms. The Bertz CT molecular complexity index is 185. The molecule has 0 bridgehead atoms. The van der Waals surface area contributed by atoms with Gasteiger partial charge in [0, 0.05) is 0 Å². The molecule has 0 radical (unpaired) electrons. The number of aliphatic hydroxyl groups excluding tert-OH is 1. The van der Waals surface area contributed by atoms with Crippen LogP contribution in [-0.4, -0.2) is 5.11 Å². The summed E-state index contributed by atoms with van der Waals surface area (Å²) in [4.78, 5) is 0. The van der Waals surface area contributed by atoms with Crippen molar-refractivity contribution in [2.75, 3.05) is 0 Å². The molecule has 0 heterocycles. The van der Waals surface area contributed by atoms with Crippen LogP contribution in [0, 0.1) is 5.92 Å². The summed E-state index contributed by atoms with van der Waals surface area (Å²) in [5, 5.41) is 8.99.